The Balaban J connectivity index is 2.51. The maximum Gasteiger partial charge on any atom is 0.303 e. The van der Waals surface area contributed by atoms with Gasteiger partial charge in [0.1, 0.15) is 0 Å². The van der Waals surface area contributed by atoms with Gasteiger partial charge in [0.25, 0.3) is 0 Å². The first-order chi connectivity index (χ1) is 8.24. The Morgan fingerprint density at radius 2 is 1.82 bits per heavy atom. The van der Waals surface area contributed by atoms with E-state index >= 15 is 0 Å². The van der Waals surface area contributed by atoms with Gasteiger partial charge in [0.05, 0.1) is 0 Å². The summed E-state index contributed by atoms with van der Waals surface area (Å²) in [7, 11) is 0. The average Bonchev–Trinajstić information content (AvgIpc) is 2.34. The van der Waals surface area contributed by atoms with Gasteiger partial charge >= 0.3 is 5.97 Å². The number of nitrogens with zero attached hydrogens (tertiary/aromatic N) is 1. The lowest BCUT2D eigenvalue weighted by Gasteiger charge is -2.24. The largest absolute Gasteiger partial charge is 0.481 e. The number of carboxylic acids is 1. The molecular formula is C14H21NO2. The molecule has 0 fully saturated rings. The van der Waals surface area contributed by atoms with Crippen molar-refractivity contribution in [2.75, 3.05) is 18.0 Å². The van der Waals surface area contributed by atoms with Crippen molar-refractivity contribution in [3.8, 4) is 0 Å². The third-order valence-electron chi connectivity index (χ3n) is 2.72. The van der Waals surface area contributed by atoms with Crippen LogP contribution in [-0.2, 0) is 4.79 Å². The van der Waals surface area contributed by atoms with E-state index < -0.39 is 5.97 Å². The minimum absolute atomic E-state index is 0.245. The third-order valence-corrected chi connectivity index (χ3v) is 2.72. The summed E-state index contributed by atoms with van der Waals surface area (Å²) in [4.78, 5) is 12.8. The Hall–Kier alpha value is -1.51. The molecule has 1 aromatic carbocycles. The van der Waals surface area contributed by atoms with Crippen molar-refractivity contribution >= 4 is 11.7 Å². The van der Waals surface area contributed by atoms with E-state index in [1.165, 1.54) is 5.69 Å². The molecule has 0 spiro atoms. The maximum atomic E-state index is 10.5. The molecule has 94 valence electrons. The Bertz CT molecular complexity index is 324. The molecule has 0 unspecified atom stereocenters. The number of anilines is 1. The summed E-state index contributed by atoms with van der Waals surface area (Å²) in [6.07, 6.45) is 3.24. The first-order valence-electron chi connectivity index (χ1n) is 6.26. The molecule has 0 aromatic heterocycles. The van der Waals surface area contributed by atoms with Gasteiger partial charge in [-0.25, -0.2) is 0 Å². The lowest BCUT2D eigenvalue weighted by molar-refractivity contribution is -0.137. The predicted molar refractivity (Wildman–Crippen MR) is 70.4 cm³/mol. The highest BCUT2D eigenvalue weighted by Crippen LogP contribution is 2.14. The van der Waals surface area contributed by atoms with Crippen LogP contribution in [0, 0.1) is 0 Å². The molecular weight excluding hydrogens is 214 g/mol. The van der Waals surface area contributed by atoms with Gasteiger partial charge in [-0.05, 0) is 25.0 Å². The number of carboxylic acid groups (broad SMARTS) is 1. The monoisotopic (exact) mass is 235 g/mol. The van der Waals surface area contributed by atoms with Crippen LogP contribution in [0.2, 0.25) is 0 Å². The quantitative estimate of drug-likeness (QED) is 0.752. The third kappa shape index (κ3) is 5.38. The zero-order valence-electron chi connectivity index (χ0n) is 10.4. The van der Waals surface area contributed by atoms with E-state index in [0.29, 0.717) is 6.42 Å². The number of benzene rings is 1. The summed E-state index contributed by atoms with van der Waals surface area (Å²) in [5, 5.41) is 8.65. The molecule has 0 aliphatic carbocycles. The van der Waals surface area contributed by atoms with Crippen molar-refractivity contribution < 1.29 is 9.90 Å². The summed E-state index contributed by atoms with van der Waals surface area (Å²) >= 11 is 0. The van der Waals surface area contributed by atoms with Gasteiger partial charge in [-0.1, -0.05) is 31.5 Å². The van der Waals surface area contributed by atoms with Crippen LogP contribution in [0.15, 0.2) is 30.3 Å². The first-order valence-corrected chi connectivity index (χ1v) is 6.26. The van der Waals surface area contributed by atoms with Gasteiger partial charge in [0.15, 0.2) is 0 Å². The van der Waals surface area contributed by atoms with Crippen LogP contribution in [0.5, 0.6) is 0 Å². The Morgan fingerprint density at radius 1 is 1.18 bits per heavy atom. The standard InChI is InChI=1S/C14H21NO2/c1-2-3-11-15(12-7-10-14(16)17)13-8-5-4-6-9-13/h4-6,8-9H,2-3,7,10-12H2,1H3,(H,16,17). The summed E-state index contributed by atoms with van der Waals surface area (Å²) < 4.78 is 0. The molecule has 0 saturated heterocycles. The number of hydrogen-bond acceptors (Lipinski definition) is 2. The van der Waals surface area contributed by atoms with Gasteiger partial charge in [0, 0.05) is 25.2 Å². The molecule has 1 N–H and O–H groups in total. The number of hydrogen-bond donors (Lipinski definition) is 1. The van der Waals surface area contributed by atoms with Crippen LogP contribution < -0.4 is 4.90 Å². The second-order valence-electron chi connectivity index (χ2n) is 4.17. The zero-order valence-corrected chi connectivity index (χ0v) is 10.4. The molecule has 17 heavy (non-hydrogen) atoms. The van der Waals surface area contributed by atoms with Crippen molar-refractivity contribution in [1.82, 2.24) is 0 Å². The Kier molecular flexibility index (Phi) is 6.15. The van der Waals surface area contributed by atoms with E-state index in [-0.39, 0.29) is 6.42 Å². The number of para-hydroxylation sites is 1. The number of aliphatic carboxylic acids is 1. The Morgan fingerprint density at radius 3 is 2.41 bits per heavy atom. The lowest BCUT2D eigenvalue weighted by Crippen LogP contribution is -2.26. The van der Waals surface area contributed by atoms with Crippen LogP contribution in [0.4, 0.5) is 5.69 Å². The van der Waals surface area contributed by atoms with Gasteiger partial charge in [-0.15, -0.1) is 0 Å². The van der Waals surface area contributed by atoms with E-state index in [0.717, 1.165) is 25.9 Å². The molecule has 1 rings (SSSR count). The van der Waals surface area contributed by atoms with Crippen LogP contribution in [-0.4, -0.2) is 24.2 Å². The smallest absolute Gasteiger partial charge is 0.303 e. The zero-order chi connectivity index (χ0) is 12.5. The Labute approximate surface area is 103 Å². The van der Waals surface area contributed by atoms with Crippen LogP contribution in [0.3, 0.4) is 0 Å². The second-order valence-corrected chi connectivity index (χ2v) is 4.17. The summed E-state index contributed by atoms with van der Waals surface area (Å²) in [5.41, 5.74) is 1.19. The normalized spacial score (nSPS) is 10.2. The van der Waals surface area contributed by atoms with Crippen LogP contribution in [0.1, 0.15) is 32.6 Å². The molecule has 0 saturated carbocycles. The fraction of sp³-hybridized carbons (Fsp3) is 0.500. The van der Waals surface area contributed by atoms with E-state index in [1.54, 1.807) is 0 Å². The highest BCUT2D eigenvalue weighted by Gasteiger charge is 2.06. The predicted octanol–water partition coefficient (Wildman–Crippen LogP) is 3.16. The van der Waals surface area contributed by atoms with E-state index in [4.69, 9.17) is 5.11 Å². The first kappa shape index (κ1) is 13.6. The van der Waals surface area contributed by atoms with Crippen molar-refractivity contribution in [2.45, 2.75) is 32.6 Å². The van der Waals surface area contributed by atoms with Gasteiger partial charge < -0.3 is 10.0 Å². The molecule has 0 radical (unpaired) electrons. The number of carbonyl (C=O) groups is 1. The van der Waals surface area contributed by atoms with E-state index in [9.17, 15) is 4.79 Å². The summed E-state index contributed by atoms with van der Waals surface area (Å²) in [6, 6.07) is 10.2. The molecule has 3 heteroatoms. The lowest BCUT2D eigenvalue weighted by atomic mass is 10.2. The molecule has 3 nitrogen and oxygen atoms in total. The second kappa shape index (κ2) is 7.71. The molecule has 0 amide bonds. The fourth-order valence-corrected chi connectivity index (χ4v) is 1.78. The van der Waals surface area contributed by atoms with Crippen molar-refractivity contribution in [3.63, 3.8) is 0 Å². The van der Waals surface area contributed by atoms with Gasteiger partial charge in [-0.3, -0.25) is 4.79 Å². The van der Waals surface area contributed by atoms with E-state index in [1.807, 2.05) is 18.2 Å². The van der Waals surface area contributed by atoms with Gasteiger partial charge in [-0.2, -0.15) is 0 Å². The minimum Gasteiger partial charge on any atom is -0.481 e. The number of unbranched alkanes of at least 4 members (excludes halogenated alkanes) is 1. The van der Waals surface area contributed by atoms with Crippen molar-refractivity contribution in [3.05, 3.63) is 30.3 Å². The highest BCUT2D eigenvalue weighted by atomic mass is 16.4. The molecule has 0 aliphatic heterocycles. The number of rotatable bonds is 8. The average molecular weight is 235 g/mol. The summed E-state index contributed by atoms with van der Waals surface area (Å²) in [6.45, 7) is 3.98. The topological polar surface area (TPSA) is 40.5 Å². The minimum atomic E-state index is -0.714. The SMILES string of the molecule is CCCCN(CCCC(=O)O)c1ccccc1. The van der Waals surface area contributed by atoms with Gasteiger partial charge in [0.2, 0.25) is 0 Å². The summed E-state index contributed by atoms with van der Waals surface area (Å²) in [5.74, 6) is -0.714. The molecule has 0 aliphatic rings. The molecule has 0 heterocycles. The fourth-order valence-electron chi connectivity index (χ4n) is 1.78. The molecule has 0 bridgehead atoms. The highest BCUT2D eigenvalue weighted by molar-refractivity contribution is 5.66. The van der Waals surface area contributed by atoms with Crippen LogP contribution >= 0.6 is 0 Å². The molecule has 1 aromatic rings. The maximum absolute atomic E-state index is 10.5. The van der Waals surface area contributed by atoms with Crippen molar-refractivity contribution in [1.29, 1.82) is 0 Å². The van der Waals surface area contributed by atoms with Crippen molar-refractivity contribution in [2.24, 2.45) is 0 Å². The molecule has 0 atom stereocenters. The van der Waals surface area contributed by atoms with Crippen LogP contribution in [0.25, 0.3) is 0 Å². The van der Waals surface area contributed by atoms with E-state index in [2.05, 4.69) is 24.0 Å².